The monoisotopic (exact) mass is 414 g/mol. The van der Waals surface area contributed by atoms with E-state index in [-0.39, 0.29) is 11.6 Å². The van der Waals surface area contributed by atoms with Crippen molar-refractivity contribution in [1.82, 2.24) is 0 Å². The fourth-order valence-corrected chi connectivity index (χ4v) is 3.52. The van der Waals surface area contributed by atoms with Crippen LogP contribution in [0.1, 0.15) is 13.8 Å². The van der Waals surface area contributed by atoms with E-state index in [1.54, 1.807) is 0 Å². The summed E-state index contributed by atoms with van der Waals surface area (Å²) < 4.78 is 13.4. The van der Waals surface area contributed by atoms with E-state index in [1.165, 1.54) is 29.3 Å². The summed E-state index contributed by atoms with van der Waals surface area (Å²) in [6.45, 7) is 3.31. The highest BCUT2D eigenvalue weighted by Crippen LogP contribution is 2.32. The van der Waals surface area contributed by atoms with E-state index in [0.29, 0.717) is 22.8 Å². The van der Waals surface area contributed by atoms with E-state index in [2.05, 4.69) is 10.1 Å². The number of aliphatic imine (C=N–C) groups is 2. The van der Waals surface area contributed by atoms with Gasteiger partial charge < -0.3 is 20.4 Å². The average molecular weight is 414 g/mol. The Balaban J connectivity index is 1.78. The molecule has 0 fully saturated rings. The van der Waals surface area contributed by atoms with Gasteiger partial charge in [-0.25, -0.2) is 19.4 Å². The molecule has 1 aliphatic carbocycles. The van der Waals surface area contributed by atoms with Gasteiger partial charge in [0.15, 0.2) is 6.17 Å². The fraction of sp³-hybridized carbons (Fsp3) is 0.381. The van der Waals surface area contributed by atoms with Gasteiger partial charge in [0.2, 0.25) is 0 Å². The van der Waals surface area contributed by atoms with Crippen molar-refractivity contribution in [2.75, 3.05) is 11.6 Å². The maximum Gasteiger partial charge on any atom is 0.187 e. The van der Waals surface area contributed by atoms with Gasteiger partial charge >= 0.3 is 0 Å². The SMILES string of the molecule is CC1=CC2=NC3C(=NC2=CC1C)C(C(O)C(O)C(O)CO)=NN3c1ccc(F)cc1. The number of hydrogen-bond donors (Lipinski definition) is 4. The van der Waals surface area contributed by atoms with Gasteiger partial charge in [0.25, 0.3) is 0 Å². The zero-order valence-corrected chi connectivity index (χ0v) is 16.5. The smallest absolute Gasteiger partial charge is 0.187 e. The molecule has 1 aromatic rings. The lowest BCUT2D eigenvalue weighted by molar-refractivity contribution is -0.0548. The lowest BCUT2D eigenvalue weighted by atomic mass is 9.92. The van der Waals surface area contributed by atoms with Crippen LogP contribution in [0.3, 0.4) is 0 Å². The summed E-state index contributed by atoms with van der Waals surface area (Å²) in [6.07, 6.45) is -1.64. The first-order chi connectivity index (χ1) is 14.3. The summed E-state index contributed by atoms with van der Waals surface area (Å²) in [5.41, 5.74) is 3.32. The minimum Gasteiger partial charge on any atom is -0.394 e. The Morgan fingerprint density at radius 1 is 1.17 bits per heavy atom. The lowest BCUT2D eigenvalue weighted by Gasteiger charge is -2.27. The molecule has 1 aromatic carbocycles. The Kier molecular flexibility index (Phi) is 5.37. The Morgan fingerprint density at radius 3 is 2.53 bits per heavy atom. The van der Waals surface area contributed by atoms with Crippen molar-refractivity contribution in [2.24, 2.45) is 21.0 Å². The van der Waals surface area contributed by atoms with Gasteiger partial charge in [0.05, 0.1) is 23.7 Å². The highest BCUT2D eigenvalue weighted by atomic mass is 19.1. The van der Waals surface area contributed by atoms with Gasteiger partial charge in [0, 0.05) is 0 Å². The molecule has 2 aliphatic heterocycles. The molecule has 3 aliphatic rings. The predicted octanol–water partition coefficient (Wildman–Crippen LogP) is 0.778. The van der Waals surface area contributed by atoms with Crippen LogP contribution in [0.5, 0.6) is 0 Å². The van der Waals surface area contributed by atoms with Gasteiger partial charge in [-0.05, 0) is 49.3 Å². The second kappa shape index (κ2) is 7.84. The zero-order valence-electron chi connectivity index (χ0n) is 16.5. The number of nitrogens with zero attached hydrogens (tertiary/aromatic N) is 4. The first kappa shape index (κ1) is 20.5. The van der Waals surface area contributed by atoms with Gasteiger partial charge in [-0.2, -0.15) is 5.10 Å². The number of rotatable bonds is 5. The maximum absolute atomic E-state index is 13.4. The molecule has 5 atom stereocenters. The van der Waals surface area contributed by atoms with Crippen molar-refractivity contribution in [3.8, 4) is 0 Å². The first-order valence-electron chi connectivity index (χ1n) is 9.65. The number of hydrogen-bond acceptors (Lipinski definition) is 8. The Morgan fingerprint density at radius 2 is 1.87 bits per heavy atom. The third-order valence-corrected chi connectivity index (χ3v) is 5.49. The summed E-state index contributed by atoms with van der Waals surface area (Å²) >= 11 is 0. The largest absolute Gasteiger partial charge is 0.394 e. The number of allylic oxidation sites excluding steroid dienone is 3. The van der Waals surface area contributed by atoms with Crippen molar-refractivity contribution < 1.29 is 24.8 Å². The lowest BCUT2D eigenvalue weighted by Crippen LogP contribution is -2.47. The Labute approximate surface area is 172 Å². The minimum atomic E-state index is -1.67. The molecule has 0 spiro atoms. The second-order valence-corrected chi connectivity index (χ2v) is 7.61. The van der Waals surface area contributed by atoms with Crippen LogP contribution >= 0.6 is 0 Å². The highest BCUT2D eigenvalue weighted by Gasteiger charge is 2.43. The summed E-state index contributed by atoms with van der Waals surface area (Å²) in [7, 11) is 0. The second-order valence-electron chi connectivity index (χ2n) is 7.61. The van der Waals surface area contributed by atoms with Gasteiger partial charge in [-0.15, -0.1) is 0 Å². The van der Waals surface area contributed by atoms with E-state index in [4.69, 9.17) is 10.1 Å². The molecule has 4 rings (SSSR count). The molecule has 2 heterocycles. The van der Waals surface area contributed by atoms with Crippen molar-refractivity contribution in [3.05, 3.63) is 53.5 Å². The number of aliphatic hydroxyl groups is 4. The van der Waals surface area contributed by atoms with Crippen LogP contribution in [-0.4, -0.2) is 68.6 Å². The van der Waals surface area contributed by atoms with Crippen LogP contribution in [0.4, 0.5) is 10.1 Å². The number of fused-ring (bicyclic) bond motifs is 2. The summed E-state index contributed by atoms with van der Waals surface area (Å²) in [5, 5.41) is 45.6. The maximum atomic E-state index is 13.4. The van der Waals surface area contributed by atoms with Crippen LogP contribution in [0.15, 0.2) is 62.8 Å². The summed E-state index contributed by atoms with van der Waals surface area (Å²) in [4.78, 5) is 9.40. The molecule has 0 aromatic heterocycles. The minimum absolute atomic E-state index is 0.0342. The number of hydrazone groups is 1. The van der Waals surface area contributed by atoms with Crippen molar-refractivity contribution in [2.45, 2.75) is 38.3 Å². The van der Waals surface area contributed by atoms with Crippen molar-refractivity contribution in [1.29, 1.82) is 0 Å². The summed E-state index contributed by atoms with van der Waals surface area (Å²) in [5.74, 6) is -0.237. The van der Waals surface area contributed by atoms with E-state index < -0.39 is 36.9 Å². The molecule has 30 heavy (non-hydrogen) atoms. The first-order valence-corrected chi connectivity index (χ1v) is 9.65. The topological polar surface area (TPSA) is 121 Å². The average Bonchev–Trinajstić information content (AvgIpc) is 3.10. The molecular formula is C21H23FN4O4. The van der Waals surface area contributed by atoms with Gasteiger partial charge in [0.1, 0.15) is 35.6 Å². The van der Waals surface area contributed by atoms with E-state index >= 15 is 0 Å². The van der Waals surface area contributed by atoms with Crippen LogP contribution in [-0.2, 0) is 0 Å². The molecular weight excluding hydrogens is 391 g/mol. The Bertz CT molecular complexity index is 999. The molecule has 8 nitrogen and oxygen atoms in total. The molecule has 0 bridgehead atoms. The quantitative estimate of drug-likeness (QED) is 0.567. The molecule has 0 radical (unpaired) electrons. The van der Waals surface area contributed by atoms with E-state index in [9.17, 15) is 19.7 Å². The van der Waals surface area contributed by atoms with Crippen LogP contribution in [0.2, 0.25) is 0 Å². The Hall–Kier alpha value is -2.72. The van der Waals surface area contributed by atoms with E-state index in [1.807, 2.05) is 26.0 Å². The number of benzene rings is 1. The van der Waals surface area contributed by atoms with Gasteiger partial charge in [-0.3, -0.25) is 0 Å². The molecule has 5 unspecified atom stereocenters. The summed E-state index contributed by atoms with van der Waals surface area (Å²) in [6, 6.07) is 5.63. The van der Waals surface area contributed by atoms with Crippen molar-refractivity contribution in [3.63, 3.8) is 0 Å². The third kappa shape index (κ3) is 3.50. The number of halogens is 1. The molecule has 0 saturated heterocycles. The van der Waals surface area contributed by atoms with Crippen LogP contribution in [0, 0.1) is 11.7 Å². The van der Waals surface area contributed by atoms with Gasteiger partial charge in [-0.1, -0.05) is 12.5 Å². The molecule has 9 heteroatoms. The van der Waals surface area contributed by atoms with E-state index in [0.717, 1.165) is 5.57 Å². The standard InChI is InChI=1S/C21H23FN4O4/c1-10-7-14-15(8-11(10)2)24-21-18(23-14)17(20(30)19(29)16(28)9-27)25-26(21)13-5-3-12(22)4-6-13/h3-8,10,16,19-21,27-30H,9H2,1-2H3. The molecule has 4 N–H and O–H groups in total. The normalized spacial score (nSPS) is 25.8. The molecule has 0 saturated carbocycles. The molecule has 158 valence electrons. The highest BCUT2D eigenvalue weighted by molar-refractivity contribution is 6.49. The third-order valence-electron chi connectivity index (χ3n) is 5.49. The predicted molar refractivity (Wildman–Crippen MR) is 111 cm³/mol. The number of anilines is 1. The molecule has 0 amide bonds. The number of aliphatic hydroxyl groups excluding tert-OH is 4. The van der Waals surface area contributed by atoms with Crippen molar-refractivity contribution >= 4 is 22.8 Å². The fourth-order valence-electron chi connectivity index (χ4n) is 3.52. The zero-order chi connectivity index (χ0) is 21.6. The van der Waals surface area contributed by atoms with Crippen LogP contribution in [0.25, 0.3) is 0 Å². The van der Waals surface area contributed by atoms with Crippen LogP contribution < -0.4 is 5.01 Å².